The van der Waals surface area contributed by atoms with E-state index >= 15 is 0 Å². The maximum atomic E-state index is 10.9. The summed E-state index contributed by atoms with van der Waals surface area (Å²) in [5, 5.41) is 0. The van der Waals surface area contributed by atoms with E-state index in [2.05, 4.69) is 65.8 Å². The average Bonchev–Trinajstić information content (AvgIpc) is 2.36. The second kappa shape index (κ2) is 5.29. The molecular weight excluding hydrogens is 256 g/mol. The Morgan fingerprint density at radius 2 is 1.81 bits per heavy atom. The van der Waals surface area contributed by atoms with E-state index in [4.69, 9.17) is 0 Å². The van der Waals surface area contributed by atoms with Gasteiger partial charge in [0, 0.05) is 0 Å². The fourth-order valence-corrected chi connectivity index (χ4v) is 3.48. The van der Waals surface area contributed by atoms with Crippen molar-refractivity contribution in [3.8, 4) is 0 Å². The van der Waals surface area contributed by atoms with E-state index in [1.165, 1.54) is 22.3 Å². The van der Waals surface area contributed by atoms with Crippen molar-refractivity contribution in [2.24, 2.45) is 5.41 Å². The van der Waals surface area contributed by atoms with Crippen LogP contribution in [0.1, 0.15) is 59.1 Å². The fourth-order valence-electron chi connectivity index (χ4n) is 3.48. The number of allylic oxidation sites excluding steroid dienone is 4. The zero-order chi connectivity index (χ0) is 15.8. The van der Waals surface area contributed by atoms with Gasteiger partial charge in [0.15, 0.2) is 0 Å². The van der Waals surface area contributed by atoms with Gasteiger partial charge in [-0.3, -0.25) is 4.79 Å². The minimum absolute atomic E-state index is 0.0555. The van der Waals surface area contributed by atoms with Crippen LogP contribution in [0.3, 0.4) is 0 Å². The largest absolute Gasteiger partial charge is 0.299 e. The minimum atomic E-state index is 0.0555. The van der Waals surface area contributed by atoms with Crippen molar-refractivity contribution >= 4 is 11.9 Å². The molecule has 0 aliphatic heterocycles. The third kappa shape index (κ3) is 2.88. The summed E-state index contributed by atoms with van der Waals surface area (Å²) >= 11 is 0. The number of fused-ring (bicyclic) bond motifs is 1. The zero-order valence-corrected chi connectivity index (χ0v) is 14.1. The predicted molar refractivity (Wildman–Crippen MR) is 90.3 cm³/mol. The highest BCUT2D eigenvalue weighted by Crippen LogP contribution is 2.50. The second-order valence-corrected chi connectivity index (χ2v) is 7.70. The SMILES string of the molecule is CC(=CC=O)C1=C(C(C)(C)C)c2ccccc2C(C)(C)C1. The number of rotatable bonds is 2. The molecule has 0 amide bonds. The normalized spacial score (nSPS) is 18.5. The van der Waals surface area contributed by atoms with E-state index in [0.717, 1.165) is 18.3 Å². The first kappa shape index (κ1) is 15.8. The Morgan fingerprint density at radius 1 is 1.19 bits per heavy atom. The molecule has 2 rings (SSSR count). The van der Waals surface area contributed by atoms with Gasteiger partial charge in [0.2, 0.25) is 0 Å². The van der Waals surface area contributed by atoms with E-state index in [1.807, 2.05) is 0 Å². The number of benzene rings is 1. The van der Waals surface area contributed by atoms with Gasteiger partial charge in [0.05, 0.1) is 0 Å². The molecule has 0 radical (unpaired) electrons. The summed E-state index contributed by atoms with van der Waals surface area (Å²) in [5.74, 6) is 0. The van der Waals surface area contributed by atoms with Gasteiger partial charge in [-0.05, 0) is 58.1 Å². The van der Waals surface area contributed by atoms with Gasteiger partial charge in [0.25, 0.3) is 0 Å². The molecule has 1 aliphatic rings. The molecule has 0 unspecified atom stereocenters. The lowest BCUT2D eigenvalue weighted by atomic mass is 9.64. The molecule has 0 atom stereocenters. The first-order valence-electron chi connectivity index (χ1n) is 7.64. The van der Waals surface area contributed by atoms with Crippen LogP contribution in [0.4, 0.5) is 0 Å². The molecule has 1 aliphatic carbocycles. The smallest absolute Gasteiger partial charge is 0.143 e. The zero-order valence-electron chi connectivity index (χ0n) is 14.1. The monoisotopic (exact) mass is 282 g/mol. The standard InChI is InChI=1S/C20H26O/c1-14(11-12-21)16-13-20(5,6)17-10-8-7-9-15(17)18(16)19(2,3)4/h7-12H,13H2,1-6H3. The Balaban J connectivity index is 2.82. The summed E-state index contributed by atoms with van der Waals surface area (Å²) < 4.78 is 0. The van der Waals surface area contributed by atoms with Gasteiger partial charge in [-0.25, -0.2) is 0 Å². The first-order valence-corrected chi connectivity index (χ1v) is 7.64. The number of aldehydes is 1. The summed E-state index contributed by atoms with van der Waals surface area (Å²) in [6, 6.07) is 8.71. The van der Waals surface area contributed by atoms with Gasteiger partial charge >= 0.3 is 0 Å². The van der Waals surface area contributed by atoms with E-state index in [0.29, 0.717) is 0 Å². The van der Waals surface area contributed by atoms with Gasteiger partial charge in [-0.15, -0.1) is 0 Å². The van der Waals surface area contributed by atoms with Crippen LogP contribution in [-0.2, 0) is 10.2 Å². The molecule has 0 bridgehead atoms. The van der Waals surface area contributed by atoms with Crippen LogP contribution in [0.5, 0.6) is 0 Å². The summed E-state index contributed by atoms with van der Waals surface area (Å²) in [6.45, 7) is 13.4. The van der Waals surface area contributed by atoms with E-state index < -0.39 is 0 Å². The lowest BCUT2D eigenvalue weighted by Gasteiger charge is -2.40. The molecule has 1 heteroatoms. The molecule has 1 nitrogen and oxygen atoms in total. The lowest BCUT2D eigenvalue weighted by molar-refractivity contribution is -0.104. The molecule has 0 saturated heterocycles. The Morgan fingerprint density at radius 3 is 2.38 bits per heavy atom. The molecule has 1 aromatic carbocycles. The van der Waals surface area contributed by atoms with Crippen LogP contribution in [0.15, 0.2) is 41.5 Å². The van der Waals surface area contributed by atoms with Crippen molar-refractivity contribution in [2.45, 2.75) is 53.4 Å². The van der Waals surface area contributed by atoms with Crippen molar-refractivity contribution in [3.63, 3.8) is 0 Å². The molecule has 0 heterocycles. The van der Waals surface area contributed by atoms with E-state index in [9.17, 15) is 4.79 Å². The highest BCUT2D eigenvalue weighted by molar-refractivity contribution is 5.82. The van der Waals surface area contributed by atoms with Crippen LogP contribution in [-0.4, -0.2) is 6.29 Å². The van der Waals surface area contributed by atoms with Crippen LogP contribution in [0.25, 0.3) is 5.57 Å². The molecule has 0 aromatic heterocycles. The fraction of sp³-hybridized carbons (Fsp3) is 0.450. The Labute approximate surface area is 128 Å². The predicted octanol–water partition coefficient (Wildman–Crippen LogP) is 5.31. The summed E-state index contributed by atoms with van der Waals surface area (Å²) in [5.41, 5.74) is 6.72. The second-order valence-electron chi connectivity index (χ2n) is 7.70. The molecular formula is C20H26O. The summed E-state index contributed by atoms with van der Waals surface area (Å²) in [6.07, 6.45) is 3.58. The summed E-state index contributed by atoms with van der Waals surface area (Å²) in [7, 11) is 0. The van der Waals surface area contributed by atoms with Crippen LogP contribution < -0.4 is 0 Å². The Hall–Kier alpha value is -1.63. The summed E-state index contributed by atoms with van der Waals surface area (Å²) in [4.78, 5) is 10.9. The number of hydrogen-bond donors (Lipinski definition) is 0. The lowest BCUT2D eigenvalue weighted by Crippen LogP contribution is -2.28. The minimum Gasteiger partial charge on any atom is -0.299 e. The quantitative estimate of drug-likeness (QED) is 0.530. The van der Waals surface area contributed by atoms with Gasteiger partial charge in [-0.1, -0.05) is 58.9 Å². The molecule has 1 aromatic rings. The molecule has 112 valence electrons. The van der Waals surface area contributed by atoms with Crippen LogP contribution in [0.2, 0.25) is 0 Å². The van der Waals surface area contributed by atoms with Crippen molar-refractivity contribution in [2.75, 3.05) is 0 Å². The Bertz CT molecular complexity index is 621. The van der Waals surface area contributed by atoms with Crippen LogP contribution in [0, 0.1) is 5.41 Å². The van der Waals surface area contributed by atoms with Gasteiger partial charge in [-0.2, -0.15) is 0 Å². The molecule has 0 spiro atoms. The molecule has 0 N–H and O–H groups in total. The van der Waals surface area contributed by atoms with Crippen molar-refractivity contribution in [1.29, 1.82) is 0 Å². The number of hydrogen-bond acceptors (Lipinski definition) is 1. The first-order chi connectivity index (χ1) is 9.68. The van der Waals surface area contributed by atoms with E-state index in [1.54, 1.807) is 6.08 Å². The maximum Gasteiger partial charge on any atom is 0.143 e. The molecule has 21 heavy (non-hydrogen) atoms. The highest BCUT2D eigenvalue weighted by atomic mass is 16.1. The molecule has 0 fully saturated rings. The number of carbonyl (C=O) groups is 1. The Kier molecular flexibility index (Phi) is 3.97. The third-order valence-corrected chi connectivity index (χ3v) is 4.39. The molecule has 0 saturated carbocycles. The van der Waals surface area contributed by atoms with Crippen LogP contribution >= 0.6 is 0 Å². The maximum absolute atomic E-state index is 10.9. The number of carbonyl (C=O) groups excluding carboxylic acids is 1. The average molecular weight is 282 g/mol. The van der Waals surface area contributed by atoms with Gasteiger partial charge in [0.1, 0.15) is 6.29 Å². The van der Waals surface area contributed by atoms with Crippen molar-refractivity contribution in [1.82, 2.24) is 0 Å². The van der Waals surface area contributed by atoms with Gasteiger partial charge < -0.3 is 0 Å². The third-order valence-electron chi connectivity index (χ3n) is 4.39. The van der Waals surface area contributed by atoms with E-state index in [-0.39, 0.29) is 10.8 Å². The highest BCUT2D eigenvalue weighted by Gasteiger charge is 2.36. The van der Waals surface area contributed by atoms with Crippen molar-refractivity contribution in [3.05, 3.63) is 52.6 Å². The van der Waals surface area contributed by atoms with Crippen molar-refractivity contribution < 1.29 is 4.79 Å². The topological polar surface area (TPSA) is 17.1 Å².